The van der Waals surface area contributed by atoms with Crippen LogP contribution in [0.25, 0.3) is 0 Å². The highest BCUT2D eigenvalue weighted by atomic mass is 32.2. The van der Waals surface area contributed by atoms with E-state index in [4.69, 9.17) is 9.47 Å². The van der Waals surface area contributed by atoms with Gasteiger partial charge < -0.3 is 14.6 Å². The maximum atomic E-state index is 12.5. The van der Waals surface area contributed by atoms with Crippen LogP contribution in [0.15, 0.2) is 47.4 Å². The van der Waals surface area contributed by atoms with Gasteiger partial charge in [0.05, 0.1) is 12.0 Å². The van der Waals surface area contributed by atoms with Gasteiger partial charge in [0, 0.05) is 18.7 Å². The predicted molar refractivity (Wildman–Crippen MR) is 104 cm³/mol. The van der Waals surface area contributed by atoms with Gasteiger partial charge in [-0.2, -0.15) is 4.31 Å². The first kappa shape index (κ1) is 20.8. The molecule has 9 heteroatoms. The van der Waals surface area contributed by atoms with Crippen molar-refractivity contribution in [3.05, 3.63) is 53.6 Å². The SMILES string of the molecule is COc1ccc(O)c(C(=O)OCC(=O)c2ccc(S(=O)(=O)N3CCCC3)cc2)c1. The van der Waals surface area contributed by atoms with E-state index in [-0.39, 0.29) is 21.8 Å². The molecule has 1 aliphatic heterocycles. The number of carbonyl (C=O) groups excluding carboxylic acids is 2. The lowest BCUT2D eigenvalue weighted by atomic mass is 10.1. The summed E-state index contributed by atoms with van der Waals surface area (Å²) in [6, 6.07) is 9.60. The van der Waals surface area contributed by atoms with E-state index >= 15 is 0 Å². The molecule has 0 spiro atoms. The quantitative estimate of drug-likeness (QED) is 0.541. The minimum absolute atomic E-state index is 0.120. The number of ketones is 1. The molecule has 0 aliphatic carbocycles. The number of hydrogen-bond donors (Lipinski definition) is 1. The number of sulfonamides is 1. The minimum Gasteiger partial charge on any atom is -0.507 e. The number of esters is 1. The van der Waals surface area contributed by atoms with E-state index < -0.39 is 28.4 Å². The number of benzene rings is 2. The van der Waals surface area contributed by atoms with E-state index in [1.807, 2.05) is 0 Å². The van der Waals surface area contributed by atoms with Gasteiger partial charge in [0.25, 0.3) is 0 Å². The Morgan fingerprint density at radius 2 is 1.72 bits per heavy atom. The van der Waals surface area contributed by atoms with Crippen molar-refractivity contribution in [2.75, 3.05) is 26.8 Å². The topological polar surface area (TPSA) is 110 Å². The van der Waals surface area contributed by atoms with Gasteiger partial charge in [-0.3, -0.25) is 4.79 Å². The van der Waals surface area contributed by atoms with Crippen LogP contribution in [0.1, 0.15) is 33.6 Å². The third-order valence-corrected chi connectivity index (χ3v) is 6.55. The monoisotopic (exact) mass is 419 g/mol. The summed E-state index contributed by atoms with van der Waals surface area (Å²) in [5, 5.41) is 9.78. The number of hydrogen-bond acceptors (Lipinski definition) is 7. The zero-order chi connectivity index (χ0) is 21.0. The molecule has 0 bridgehead atoms. The lowest BCUT2D eigenvalue weighted by Crippen LogP contribution is -2.27. The molecule has 1 heterocycles. The number of methoxy groups -OCH3 is 1. The highest BCUT2D eigenvalue weighted by molar-refractivity contribution is 7.89. The maximum absolute atomic E-state index is 12.5. The molecule has 29 heavy (non-hydrogen) atoms. The minimum atomic E-state index is -3.56. The number of carbonyl (C=O) groups is 2. The molecule has 1 fully saturated rings. The molecule has 1 aliphatic rings. The number of nitrogens with zero attached hydrogens (tertiary/aromatic N) is 1. The van der Waals surface area contributed by atoms with Gasteiger partial charge in [0.2, 0.25) is 10.0 Å². The summed E-state index contributed by atoms with van der Waals surface area (Å²) in [5.74, 6) is -1.30. The van der Waals surface area contributed by atoms with Crippen LogP contribution in [0.4, 0.5) is 0 Å². The molecule has 2 aromatic carbocycles. The Balaban J connectivity index is 1.65. The fourth-order valence-corrected chi connectivity index (χ4v) is 4.51. The zero-order valence-electron chi connectivity index (χ0n) is 15.8. The Morgan fingerprint density at radius 3 is 2.34 bits per heavy atom. The molecule has 0 radical (unpaired) electrons. The molecular formula is C20H21NO7S. The number of Topliss-reactive ketones (excluding diaryl/α,β-unsaturated/α-hetero) is 1. The van der Waals surface area contributed by atoms with Gasteiger partial charge in [-0.1, -0.05) is 0 Å². The lowest BCUT2D eigenvalue weighted by Gasteiger charge is -2.15. The second kappa shape index (κ2) is 8.62. The fourth-order valence-electron chi connectivity index (χ4n) is 2.99. The van der Waals surface area contributed by atoms with Crippen LogP contribution >= 0.6 is 0 Å². The number of phenolic OH excluding ortho intramolecular Hbond substituents is 1. The van der Waals surface area contributed by atoms with E-state index in [1.54, 1.807) is 0 Å². The molecular weight excluding hydrogens is 398 g/mol. The maximum Gasteiger partial charge on any atom is 0.342 e. The standard InChI is InChI=1S/C20H21NO7S/c1-27-15-6-9-18(22)17(12-15)20(24)28-13-19(23)14-4-7-16(8-5-14)29(25,26)21-10-2-3-11-21/h4-9,12,22H,2-3,10-11,13H2,1H3. The van der Waals surface area contributed by atoms with Gasteiger partial charge >= 0.3 is 5.97 Å². The Kier molecular flexibility index (Phi) is 6.19. The molecule has 1 saturated heterocycles. The molecule has 1 N–H and O–H groups in total. The van der Waals surface area contributed by atoms with Gasteiger partial charge in [0.1, 0.15) is 17.1 Å². The smallest absolute Gasteiger partial charge is 0.342 e. The second-order valence-corrected chi connectivity index (χ2v) is 8.46. The van der Waals surface area contributed by atoms with Crippen molar-refractivity contribution in [1.29, 1.82) is 0 Å². The first-order chi connectivity index (χ1) is 13.8. The normalized spacial score (nSPS) is 14.5. The molecule has 0 unspecified atom stereocenters. The number of rotatable bonds is 7. The molecule has 0 atom stereocenters. The Labute approximate surface area is 168 Å². The summed E-state index contributed by atoms with van der Waals surface area (Å²) in [7, 11) is -2.14. The van der Waals surface area contributed by atoms with E-state index in [1.165, 1.54) is 53.9 Å². The van der Waals surface area contributed by atoms with Crippen LogP contribution in [0.3, 0.4) is 0 Å². The van der Waals surface area contributed by atoms with Crippen molar-refractivity contribution in [2.45, 2.75) is 17.7 Å². The van der Waals surface area contributed by atoms with Gasteiger partial charge in [0.15, 0.2) is 12.4 Å². The summed E-state index contributed by atoms with van der Waals surface area (Å²) < 4.78 is 36.4. The summed E-state index contributed by atoms with van der Waals surface area (Å²) in [4.78, 5) is 24.5. The Morgan fingerprint density at radius 1 is 1.07 bits per heavy atom. The van der Waals surface area contributed by atoms with E-state index in [2.05, 4.69) is 0 Å². The molecule has 0 amide bonds. The number of phenols is 1. The van der Waals surface area contributed by atoms with Crippen molar-refractivity contribution < 1.29 is 32.6 Å². The first-order valence-electron chi connectivity index (χ1n) is 9.00. The first-order valence-corrected chi connectivity index (χ1v) is 10.4. The average Bonchev–Trinajstić information content (AvgIpc) is 3.28. The summed E-state index contributed by atoms with van der Waals surface area (Å²) in [6.45, 7) is 0.444. The second-order valence-electron chi connectivity index (χ2n) is 6.52. The van der Waals surface area contributed by atoms with Crippen LogP contribution < -0.4 is 4.74 Å². The van der Waals surface area contributed by atoms with Crippen LogP contribution in [-0.4, -0.2) is 56.4 Å². The molecule has 3 rings (SSSR count). The third-order valence-electron chi connectivity index (χ3n) is 4.64. The van der Waals surface area contributed by atoms with E-state index in [0.29, 0.717) is 18.8 Å². The van der Waals surface area contributed by atoms with Crippen molar-refractivity contribution >= 4 is 21.8 Å². The van der Waals surface area contributed by atoms with Gasteiger partial charge in [-0.25, -0.2) is 13.2 Å². The summed E-state index contributed by atoms with van der Waals surface area (Å²) >= 11 is 0. The largest absolute Gasteiger partial charge is 0.507 e. The predicted octanol–water partition coefficient (Wildman–Crippen LogP) is 2.23. The van der Waals surface area contributed by atoms with Crippen LogP contribution in [0.5, 0.6) is 11.5 Å². The number of aromatic hydroxyl groups is 1. The molecule has 0 aromatic heterocycles. The Hall–Kier alpha value is -2.91. The van der Waals surface area contributed by atoms with Crippen LogP contribution in [-0.2, 0) is 14.8 Å². The van der Waals surface area contributed by atoms with E-state index in [9.17, 15) is 23.1 Å². The molecule has 2 aromatic rings. The van der Waals surface area contributed by atoms with Gasteiger partial charge in [-0.05, 0) is 55.3 Å². The number of ether oxygens (including phenoxy) is 2. The highest BCUT2D eigenvalue weighted by Crippen LogP contribution is 2.24. The van der Waals surface area contributed by atoms with E-state index in [0.717, 1.165) is 12.8 Å². The van der Waals surface area contributed by atoms with Crippen LogP contribution in [0, 0.1) is 0 Å². The van der Waals surface area contributed by atoms with Gasteiger partial charge in [-0.15, -0.1) is 0 Å². The zero-order valence-corrected chi connectivity index (χ0v) is 16.6. The van der Waals surface area contributed by atoms with Crippen molar-refractivity contribution in [1.82, 2.24) is 4.31 Å². The van der Waals surface area contributed by atoms with Crippen molar-refractivity contribution in [2.24, 2.45) is 0 Å². The summed E-state index contributed by atoms with van der Waals surface area (Å²) in [6.07, 6.45) is 1.67. The lowest BCUT2D eigenvalue weighted by molar-refractivity contribution is 0.0471. The third kappa shape index (κ3) is 4.57. The van der Waals surface area contributed by atoms with Crippen molar-refractivity contribution in [3.63, 3.8) is 0 Å². The average molecular weight is 419 g/mol. The summed E-state index contributed by atoms with van der Waals surface area (Å²) in [5.41, 5.74) is 0.0947. The highest BCUT2D eigenvalue weighted by Gasteiger charge is 2.27. The van der Waals surface area contributed by atoms with Crippen LogP contribution in [0.2, 0.25) is 0 Å². The fraction of sp³-hybridized carbons (Fsp3) is 0.300. The molecule has 154 valence electrons. The molecule has 0 saturated carbocycles. The Bertz CT molecular complexity index is 1010. The van der Waals surface area contributed by atoms with Crippen molar-refractivity contribution in [3.8, 4) is 11.5 Å². The molecule has 8 nitrogen and oxygen atoms in total.